The van der Waals surface area contributed by atoms with Gasteiger partial charge in [-0.25, -0.2) is 0 Å². The predicted molar refractivity (Wildman–Crippen MR) is 72.0 cm³/mol. The molecule has 0 saturated heterocycles. The highest BCUT2D eigenvalue weighted by atomic mass is 16.5. The van der Waals surface area contributed by atoms with Crippen LogP contribution in [0.2, 0.25) is 0 Å². The molecule has 0 spiro atoms. The zero-order valence-electron chi connectivity index (χ0n) is 11.1. The van der Waals surface area contributed by atoms with Crippen LogP contribution in [0.1, 0.15) is 10.4 Å². The van der Waals surface area contributed by atoms with Crippen molar-refractivity contribution in [3.05, 3.63) is 23.8 Å². The first-order chi connectivity index (χ1) is 10.0. The number of benzene rings is 1. The zero-order chi connectivity index (χ0) is 15.5. The SMILES string of the molecule is O=C1COc2cc(C(=O)NC(CO)(CO)CO)ccc2N1. The van der Waals surface area contributed by atoms with Gasteiger partial charge in [-0.05, 0) is 18.2 Å². The lowest BCUT2D eigenvalue weighted by molar-refractivity contribution is -0.118. The second kappa shape index (κ2) is 6.08. The molecule has 5 N–H and O–H groups in total. The highest BCUT2D eigenvalue weighted by Crippen LogP contribution is 2.28. The molecule has 1 aromatic rings. The highest BCUT2D eigenvalue weighted by Gasteiger charge is 2.30. The molecule has 0 bridgehead atoms. The first kappa shape index (κ1) is 15.2. The van der Waals surface area contributed by atoms with Gasteiger partial charge in [-0.1, -0.05) is 0 Å². The topological polar surface area (TPSA) is 128 Å². The van der Waals surface area contributed by atoms with E-state index in [0.717, 1.165) is 0 Å². The Hall–Kier alpha value is -2.16. The minimum absolute atomic E-state index is 0.133. The monoisotopic (exact) mass is 296 g/mol. The molecule has 8 nitrogen and oxygen atoms in total. The number of fused-ring (bicyclic) bond motifs is 1. The number of amides is 2. The van der Waals surface area contributed by atoms with Crippen molar-refractivity contribution in [1.82, 2.24) is 5.32 Å². The normalized spacial score (nSPS) is 14.0. The predicted octanol–water partition coefficient (Wildman–Crippen LogP) is -1.54. The number of carbonyl (C=O) groups is 2. The minimum Gasteiger partial charge on any atom is -0.482 e. The summed E-state index contributed by atoms with van der Waals surface area (Å²) in [5.41, 5.74) is -0.827. The summed E-state index contributed by atoms with van der Waals surface area (Å²) in [4.78, 5) is 23.2. The minimum atomic E-state index is -1.50. The number of ether oxygens (including phenoxy) is 1. The number of hydrogen-bond acceptors (Lipinski definition) is 6. The van der Waals surface area contributed by atoms with E-state index in [4.69, 9.17) is 4.74 Å². The van der Waals surface area contributed by atoms with Gasteiger partial charge in [0.15, 0.2) is 6.61 Å². The molecule has 0 fully saturated rings. The van der Waals surface area contributed by atoms with Gasteiger partial charge < -0.3 is 30.7 Å². The first-order valence-corrected chi connectivity index (χ1v) is 6.25. The van der Waals surface area contributed by atoms with Crippen LogP contribution in [0.5, 0.6) is 5.75 Å². The Bertz CT molecular complexity index is 547. The van der Waals surface area contributed by atoms with Crippen molar-refractivity contribution in [2.75, 3.05) is 31.7 Å². The van der Waals surface area contributed by atoms with Crippen molar-refractivity contribution < 1.29 is 29.6 Å². The average molecular weight is 296 g/mol. The molecule has 0 atom stereocenters. The van der Waals surface area contributed by atoms with Gasteiger partial charge in [-0.2, -0.15) is 0 Å². The third kappa shape index (κ3) is 3.13. The molecule has 1 aromatic carbocycles. The van der Waals surface area contributed by atoms with Gasteiger partial charge in [0.2, 0.25) is 0 Å². The summed E-state index contributed by atoms with van der Waals surface area (Å²) in [6.45, 7) is -1.96. The van der Waals surface area contributed by atoms with E-state index in [9.17, 15) is 24.9 Å². The van der Waals surface area contributed by atoms with Crippen LogP contribution < -0.4 is 15.4 Å². The van der Waals surface area contributed by atoms with Crippen LogP contribution in [0.3, 0.4) is 0 Å². The van der Waals surface area contributed by atoms with Crippen LogP contribution in [-0.2, 0) is 4.79 Å². The van der Waals surface area contributed by atoms with Gasteiger partial charge in [0, 0.05) is 5.56 Å². The highest BCUT2D eigenvalue weighted by molar-refractivity contribution is 5.99. The molecule has 2 amide bonds. The van der Waals surface area contributed by atoms with Gasteiger partial charge in [0.25, 0.3) is 11.8 Å². The standard InChI is InChI=1S/C13H16N2O6/c16-5-13(6-17,7-18)15-12(20)8-1-2-9-10(3-8)21-4-11(19)14-9/h1-3,16-18H,4-7H2,(H,14,19)(H,15,20). The molecule has 0 unspecified atom stereocenters. The molecule has 8 heteroatoms. The van der Waals surface area contributed by atoms with Crippen LogP contribution in [0.25, 0.3) is 0 Å². The maximum absolute atomic E-state index is 12.1. The molecular formula is C13H16N2O6. The van der Waals surface area contributed by atoms with E-state index in [1.807, 2.05) is 0 Å². The van der Waals surface area contributed by atoms with Gasteiger partial charge in [0.05, 0.1) is 25.5 Å². The summed E-state index contributed by atoms with van der Waals surface area (Å²) in [5.74, 6) is -0.514. The largest absolute Gasteiger partial charge is 0.482 e. The Labute approximate surface area is 120 Å². The fourth-order valence-corrected chi connectivity index (χ4v) is 1.80. The van der Waals surface area contributed by atoms with Crippen LogP contribution in [-0.4, -0.2) is 59.1 Å². The van der Waals surface area contributed by atoms with Crippen LogP contribution >= 0.6 is 0 Å². The number of rotatable bonds is 5. The molecule has 0 radical (unpaired) electrons. The van der Waals surface area contributed by atoms with Crippen molar-refractivity contribution in [2.45, 2.75) is 5.54 Å². The zero-order valence-corrected chi connectivity index (χ0v) is 11.1. The Balaban J connectivity index is 2.19. The number of carbonyl (C=O) groups excluding carboxylic acids is 2. The maximum atomic E-state index is 12.1. The van der Waals surface area contributed by atoms with E-state index in [-0.39, 0.29) is 18.1 Å². The smallest absolute Gasteiger partial charge is 0.262 e. The molecule has 21 heavy (non-hydrogen) atoms. The summed E-state index contributed by atoms with van der Waals surface area (Å²) >= 11 is 0. The summed E-state index contributed by atoms with van der Waals surface area (Å²) in [5, 5.41) is 32.5. The Morgan fingerprint density at radius 1 is 1.29 bits per heavy atom. The first-order valence-electron chi connectivity index (χ1n) is 6.25. The van der Waals surface area contributed by atoms with Crippen LogP contribution in [0, 0.1) is 0 Å². The molecule has 1 aliphatic rings. The number of aliphatic hydroxyl groups is 3. The summed E-state index contributed by atoms with van der Waals surface area (Å²) in [7, 11) is 0. The van der Waals surface area contributed by atoms with Crippen molar-refractivity contribution in [1.29, 1.82) is 0 Å². The molecule has 2 rings (SSSR count). The number of nitrogens with one attached hydrogen (secondary N) is 2. The average Bonchev–Trinajstić information content (AvgIpc) is 2.52. The summed E-state index contributed by atoms with van der Waals surface area (Å²) in [6, 6.07) is 4.40. The molecule has 0 aromatic heterocycles. The lowest BCUT2D eigenvalue weighted by Crippen LogP contribution is -2.57. The molecular weight excluding hydrogens is 280 g/mol. The van der Waals surface area contributed by atoms with E-state index in [1.165, 1.54) is 18.2 Å². The van der Waals surface area contributed by atoms with E-state index in [0.29, 0.717) is 11.4 Å². The Kier molecular flexibility index (Phi) is 4.41. The Morgan fingerprint density at radius 2 is 1.95 bits per heavy atom. The molecule has 1 heterocycles. The van der Waals surface area contributed by atoms with Gasteiger partial charge >= 0.3 is 0 Å². The van der Waals surface area contributed by atoms with E-state index in [1.54, 1.807) is 0 Å². The summed E-state index contributed by atoms with van der Waals surface area (Å²) in [6.07, 6.45) is 0. The van der Waals surface area contributed by atoms with Gasteiger partial charge in [-0.3, -0.25) is 9.59 Å². The second-order valence-corrected chi connectivity index (χ2v) is 4.76. The van der Waals surface area contributed by atoms with E-state index in [2.05, 4.69) is 10.6 Å². The summed E-state index contributed by atoms with van der Waals surface area (Å²) < 4.78 is 5.20. The Morgan fingerprint density at radius 3 is 2.57 bits per heavy atom. The molecule has 0 aliphatic carbocycles. The lowest BCUT2D eigenvalue weighted by atomic mass is 10.0. The fraction of sp³-hybridized carbons (Fsp3) is 0.385. The lowest BCUT2D eigenvalue weighted by Gasteiger charge is -2.28. The van der Waals surface area contributed by atoms with Crippen LogP contribution in [0.4, 0.5) is 5.69 Å². The maximum Gasteiger partial charge on any atom is 0.262 e. The number of aliphatic hydroxyl groups excluding tert-OH is 3. The molecule has 114 valence electrons. The molecule has 1 aliphatic heterocycles. The van der Waals surface area contributed by atoms with Gasteiger partial charge in [-0.15, -0.1) is 0 Å². The van der Waals surface area contributed by atoms with Crippen molar-refractivity contribution in [3.63, 3.8) is 0 Å². The van der Waals surface area contributed by atoms with E-state index >= 15 is 0 Å². The quantitative estimate of drug-likeness (QED) is 0.448. The number of anilines is 1. The van der Waals surface area contributed by atoms with Crippen molar-refractivity contribution in [2.24, 2.45) is 0 Å². The van der Waals surface area contributed by atoms with E-state index < -0.39 is 31.3 Å². The fourth-order valence-electron chi connectivity index (χ4n) is 1.80. The third-order valence-corrected chi connectivity index (χ3v) is 3.16. The van der Waals surface area contributed by atoms with Crippen molar-refractivity contribution >= 4 is 17.5 Å². The van der Waals surface area contributed by atoms with Gasteiger partial charge in [0.1, 0.15) is 11.3 Å². The van der Waals surface area contributed by atoms with Crippen molar-refractivity contribution in [3.8, 4) is 5.75 Å². The van der Waals surface area contributed by atoms with Crippen LogP contribution in [0.15, 0.2) is 18.2 Å². The molecule has 0 saturated carbocycles. The number of hydrogen-bond donors (Lipinski definition) is 5. The third-order valence-electron chi connectivity index (χ3n) is 3.16. The second-order valence-electron chi connectivity index (χ2n) is 4.76.